The van der Waals surface area contributed by atoms with Gasteiger partial charge in [-0.3, -0.25) is 4.90 Å². The summed E-state index contributed by atoms with van der Waals surface area (Å²) >= 11 is 0. The molecule has 0 aliphatic carbocycles. The number of likely N-dealkylation sites (tertiary alicyclic amines) is 1. The van der Waals surface area contributed by atoms with Gasteiger partial charge in [0.2, 0.25) is 0 Å². The van der Waals surface area contributed by atoms with Crippen LogP contribution in [0.1, 0.15) is 44.2 Å². The van der Waals surface area contributed by atoms with Gasteiger partial charge in [-0.25, -0.2) is 0 Å². The molecule has 1 heterocycles. The van der Waals surface area contributed by atoms with Crippen LogP contribution in [0.4, 0.5) is 0 Å². The molecule has 2 unspecified atom stereocenters. The molecule has 18 heavy (non-hydrogen) atoms. The van der Waals surface area contributed by atoms with Gasteiger partial charge in [-0.2, -0.15) is 0 Å². The van der Waals surface area contributed by atoms with Crippen LogP contribution < -0.4 is 5.73 Å². The first kappa shape index (κ1) is 13.4. The second-order valence-electron chi connectivity index (χ2n) is 5.14. The molecule has 1 saturated heterocycles. The van der Waals surface area contributed by atoms with Crippen molar-refractivity contribution < 1.29 is 5.11 Å². The van der Waals surface area contributed by atoms with Crippen molar-refractivity contribution in [3.05, 3.63) is 29.8 Å². The molecule has 0 bridgehead atoms. The summed E-state index contributed by atoms with van der Waals surface area (Å²) < 4.78 is 0. The Hall–Kier alpha value is -1.06. The van der Waals surface area contributed by atoms with Crippen molar-refractivity contribution >= 4 is 0 Å². The molecule has 3 nitrogen and oxygen atoms in total. The van der Waals surface area contributed by atoms with Crippen LogP contribution in [-0.2, 0) is 0 Å². The number of nitrogens with two attached hydrogens (primary N) is 1. The highest BCUT2D eigenvalue weighted by molar-refractivity contribution is 5.28. The zero-order chi connectivity index (χ0) is 13.0. The average Bonchev–Trinajstić information content (AvgIpc) is 2.42. The minimum atomic E-state index is 0.288. The SMILES string of the molecule is CCC1CCCCN1C(CN)c1ccc(O)cc1. The Bertz CT molecular complexity index is 363. The molecule has 0 radical (unpaired) electrons. The average molecular weight is 248 g/mol. The third-order valence-corrected chi connectivity index (χ3v) is 4.05. The number of hydrogen-bond donors (Lipinski definition) is 2. The first-order valence-electron chi connectivity index (χ1n) is 7.01. The maximum absolute atomic E-state index is 9.37. The Morgan fingerprint density at radius 2 is 2.06 bits per heavy atom. The van der Waals surface area contributed by atoms with Crippen LogP contribution in [0.15, 0.2) is 24.3 Å². The summed E-state index contributed by atoms with van der Waals surface area (Å²) in [6.45, 7) is 4.04. The Kier molecular flexibility index (Phi) is 4.61. The highest BCUT2D eigenvalue weighted by atomic mass is 16.3. The van der Waals surface area contributed by atoms with Crippen LogP contribution in [0, 0.1) is 0 Å². The number of benzene rings is 1. The molecule has 2 rings (SSSR count). The molecule has 1 aliphatic rings. The maximum atomic E-state index is 9.37. The molecule has 3 heteroatoms. The highest BCUT2D eigenvalue weighted by Crippen LogP contribution is 2.30. The normalized spacial score (nSPS) is 22.9. The summed E-state index contributed by atoms with van der Waals surface area (Å²) in [5.74, 6) is 0.320. The minimum absolute atomic E-state index is 0.288. The van der Waals surface area contributed by atoms with E-state index in [2.05, 4.69) is 11.8 Å². The number of phenolic OH excluding ortho intramolecular Hbond substituents is 1. The van der Waals surface area contributed by atoms with Gasteiger partial charge in [0.25, 0.3) is 0 Å². The van der Waals surface area contributed by atoms with E-state index in [9.17, 15) is 5.11 Å². The lowest BCUT2D eigenvalue weighted by molar-refractivity contribution is 0.0949. The molecular formula is C15H24N2O. The summed E-state index contributed by atoms with van der Waals surface area (Å²) in [5.41, 5.74) is 7.20. The first-order valence-corrected chi connectivity index (χ1v) is 7.01. The standard InChI is InChI=1S/C15H24N2O/c1-2-13-5-3-4-10-17(13)15(11-16)12-6-8-14(18)9-7-12/h6-9,13,15,18H,2-5,10-11,16H2,1H3. The third-order valence-electron chi connectivity index (χ3n) is 4.05. The van der Waals surface area contributed by atoms with Gasteiger partial charge in [-0.15, -0.1) is 0 Å². The fraction of sp³-hybridized carbons (Fsp3) is 0.600. The lowest BCUT2D eigenvalue weighted by Crippen LogP contribution is -2.44. The van der Waals surface area contributed by atoms with Crippen LogP contribution in [0.2, 0.25) is 0 Å². The topological polar surface area (TPSA) is 49.5 Å². The fourth-order valence-corrected chi connectivity index (χ4v) is 3.03. The number of phenols is 1. The largest absolute Gasteiger partial charge is 0.508 e. The number of rotatable bonds is 4. The summed E-state index contributed by atoms with van der Waals surface area (Å²) in [4.78, 5) is 2.55. The Morgan fingerprint density at radius 1 is 1.33 bits per heavy atom. The van der Waals surface area contributed by atoms with E-state index < -0.39 is 0 Å². The van der Waals surface area contributed by atoms with E-state index in [0.29, 0.717) is 18.3 Å². The molecule has 0 aromatic heterocycles. The molecule has 1 fully saturated rings. The molecule has 100 valence electrons. The maximum Gasteiger partial charge on any atom is 0.115 e. The van der Waals surface area contributed by atoms with E-state index in [-0.39, 0.29) is 6.04 Å². The summed E-state index contributed by atoms with van der Waals surface area (Å²) in [6.07, 6.45) is 5.08. The molecular weight excluding hydrogens is 224 g/mol. The predicted octanol–water partition coefficient (Wildman–Crippen LogP) is 2.66. The molecule has 2 atom stereocenters. The van der Waals surface area contributed by atoms with Gasteiger partial charge in [-0.05, 0) is 43.5 Å². The fourth-order valence-electron chi connectivity index (χ4n) is 3.03. The van der Waals surface area contributed by atoms with Gasteiger partial charge in [0.05, 0.1) is 0 Å². The number of piperidine rings is 1. The smallest absolute Gasteiger partial charge is 0.115 e. The Labute approximate surface area is 110 Å². The first-order chi connectivity index (χ1) is 8.76. The van der Waals surface area contributed by atoms with Crippen molar-refractivity contribution in [2.75, 3.05) is 13.1 Å². The van der Waals surface area contributed by atoms with Gasteiger partial charge in [0, 0.05) is 18.6 Å². The monoisotopic (exact) mass is 248 g/mol. The number of aromatic hydroxyl groups is 1. The molecule has 0 amide bonds. The third kappa shape index (κ3) is 2.85. The molecule has 1 aromatic carbocycles. The van der Waals surface area contributed by atoms with Crippen molar-refractivity contribution in [2.45, 2.75) is 44.7 Å². The lowest BCUT2D eigenvalue weighted by atomic mass is 9.95. The zero-order valence-electron chi connectivity index (χ0n) is 11.2. The quantitative estimate of drug-likeness (QED) is 0.861. The van der Waals surface area contributed by atoms with Crippen LogP contribution in [-0.4, -0.2) is 29.1 Å². The van der Waals surface area contributed by atoms with E-state index in [1.807, 2.05) is 12.1 Å². The molecule has 1 aromatic rings. The Balaban J connectivity index is 2.18. The zero-order valence-corrected chi connectivity index (χ0v) is 11.2. The van der Waals surface area contributed by atoms with Gasteiger partial charge < -0.3 is 10.8 Å². The number of hydrogen-bond acceptors (Lipinski definition) is 3. The van der Waals surface area contributed by atoms with E-state index in [1.54, 1.807) is 12.1 Å². The summed E-state index contributed by atoms with van der Waals surface area (Å²) in [7, 11) is 0. The van der Waals surface area contributed by atoms with Gasteiger partial charge in [0.1, 0.15) is 5.75 Å². The van der Waals surface area contributed by atoms with E-state index >= 15 is 0 Å². The van der Waals surface area contributed by atoms with E-state index in [4.69, 9.17) is 5.73 Å². The number of nitrogens with zero attached hydrogens (tertiary/aromatic N) is 1. The van der Waals surface area contributed by atoms with Crippen molar-refractivity contribution in [3.8, 4) is 5.75 Å². The van der Waals surface area contributed by atoms with E-state index in [0.717, 1.165) is 6.54 Å². The predicted molar refractivity (Wildman–Crippen MR) is 74.5 cm³/mol. The highest BCUT2D eigenvalue weighted by Gasteiger charge is 2.27. The van der Waals surface area contributed by atoms with Gasteiger partial charge in [-0.1, -0.05) is 25.5 Å². The van der Waals surface area contributed by atoms with Crippen molar-refractivity contribution in [2.24, 2.45) is 5.73 Å². The van der Waals surface area contributed by atoms with Crippen molar-refractivity contribution in [1.82, 2.24) is 4.90 Å². The van der Waals surface area contributed by atoms with Crippen LogP contribution in [0.3, 0.4) is 0 Å². The van der Waals surface area contributed by atoms with Crippen LogP contribution in [0.5, 0.6) is 5.75 Å². The minimum Gasteiger partial charge on any atom is -0.508 e. The lowest BCUT2D eigenvalue weighted by Gasteiger charge is -2.40. The molecule has 0 saturated carbocycles. The van der Waals surface area contributed by atoms with Crippen molar-refractivity contribution in [1.29, 1.82) is 0 Å². The molecule has 0 spiro atoms. The summed E-state index contributed by atoms with van der Waals surface area (Å²) in [5, 5.41) is 9.37. The van der Waals surface area contributed by atoms with Crippen LogP contribution >= 0.6 is 0 Å². The van der Waals surface area contributed by atoms with Crippen LogP contribution in [0.25, 0.3) is 0 Å². The van der Waals surface area contributed by atoms with Gasteiger partial charge >= 0.3 is 0 Å². The Morgan fingerprint density at radius 3 is 2.67 bits per heavy atom. The second kappa shape index (κ2) is 6.21. The van der Waals surface area contributed by atoms with E-state index in [1.165, 1.54) is 31.2 Å². The summed E-state index contributed by atoms with van der Waals surface area (Å²) in [6, 6.07) is 8.44. The molecule has 1 aliphatic heterocycles. The van der Waals surface area contributed by atoms with Gasteiger partial charge in [0.15, 0.2) is 0 Å². The van der Waals surface area contributed by atoms with Crippen molar-refractivity contribution in [3.63, 3.8) is 0 Å². The molecule has 3 N–H and O–H groups in total. The second-order valence-corrected chi connectivity index (χ2v) is 5.14.